The number of amides is 1. The van der Waals surface area contributed by atoms with Gasteiger partial charge in [-0.15, -0.1) is 0 Å². The number of nitrogens with one attached hydrogen (secondary N) is 1. The highest BCUT2D eigenvalue weighted by molar-refractivity contribution is 6.36. The molecule has 0 aliphatic carbocycles. The van der Waals surface area contributed by atoms with Crippen molar-refractivity contribution in [2.24, 2.45) is 0 Å². The van der Waals surface area contributed by atoms with Crippen molar-refractivity contribution in [2.75, 3.05) is 5.32 Å². The molecule has 0 saturated heterocycles. The highest BCUT2D eigenvalue weighted by Crippen LogP contribution is 2.35. The number of halogens is 2. The molecule has 0 fully saturated rings. The van der Waals surface area contributed by atoms with Crippen LogP contribution in [-0.2, 0) is 0 Å². The first-order chi connectivity index (χ1) is 9.38. The molecule has 0 aromatic heterocycles. The van der Waals surface area contributed by atoms with E-state index in [1.54, 1.807) is 0 Å². The second-order valence-corrected chi connectivity index (χ2v) is 4.78. The van der Waals surface area contributed by atoms with Crippen LogP contribution in [0.3, 0.4) is 0 Å². The molecule has 0 aliphatic rings. The van der Waals surface area contributed by atoms with Gasteiger partial charge in [0.05, 0.1) is 16.3 Å². The van der Waals surface area contributed by atoms with Crippen LogP contribution in [0.15, 0.2) is 30.3 Å². The predicted octanol–water partition coefficient (Wildman–Crippen LogP) is 3.36. The van der Waals surface area contributed by atoms with Gasteiger partial charge in [0, 0.05) is 11.1 Å². The number of hydrogen-bond acceptors (Lipinski definition) is 4. The maximum Gasteiger partial charge on any atom is 0.259 e. The Morgan fingerprint density at radius 2 is 1.75 bits per heavy atom. The Kier molecular flexibility index (Phi) is 3.92. The minimum Gasteiger partial charge on any atom is -0.508 e. The maximum atomic E-state index is 12.0. The van der Waals surface area contributed by atoms with Crippen LogP contribution < -0.4 is 5.32 Å². The number of phenols is 3. The highest BCUT2D eigenvalue weighted by atomic mass is 35.5. The fraction of sp³-hybridized carbons (Fsp3) is 0. The van der Waals surface area contributed by atoms with E-state index in [9.17, 15) is 15.0 Å². The quantitative estimate of drug-likeness (QED) is 0.640. The normalized spacial score (nSPS) is 10.3. The summed E-state index contributed by atoms with van der Waals surface area (Å²) in [6, 6.07) is 6.16. The zero-order chi connectivity index (χ0) is 14.9. The average molecular weight is 314 g/mol. The number of rotatable bonds is 2. The molecule has 0 aliphatic heterocycles. The Morgan fingerprint density at radius 3 is 2.40 bits per heavy atom. The summed E-state index contributed by atoms with van der Waals surface area (Å²) in [6.07, 6.45) is 0. The number of aromatic hydroxyl groups is 3. The predicted molar refractivity (Wildman–Crippen MR) is 75.9 cm³/mol. The third kappa shape index (κ3) is 2.89. The van der Waals surface area contributed by atoms with Gasteiger partial charge in [-0.1, -0.05) is 23.2 Å². The van der Waals surface area contributed by atoms with Gasteiger partial charge in [0.15, 0.2) is 5.75 Å². The zero-order valence-corrected chi connectivity index (χ0v) is 11.4. The molecule has 0 heterocycles. The van der Waals surface area contributed by atoms with Gasteiger partial charge in [-0.05, 0) is 24.3 Å². The summed E-state index contributed by atoms with van der Waals surface area (Å²) in [7, 11) is 0. The van der Waals surface area contributed by atoms with E-state index in [1.807, 2.05) is 0 Å². The molecule has 0 atom stereocenters. The van der Waals surface area contributed by atoms with Gasteiger partial charge in [-0.25, -0.2) is 0 Å². The van der Waals surface area contributed by atoms with Crippen molar-refractivity contribution in [2.45, 2.75) is 0 Å². The summed E-state index contributed by atoms with van der Waals surface area (Å²) in [4.78, 5) is 12.0. The van der Waals surface area contributed by atoms with Crippen molar-refractivity contribution >= 4 is 34.8 Å². The number of phenolic OH excluding ortho intramolecular Hbond substituents is 3. The molecule has 104 valence electrons. The maximum absolute atomic E-state index is 12.0. The second-order valence-electron chi connectivity index (χ2n) is 3.94. The first kappa shape index (κ1) is 14.3. The Morgan fingerprint density at radius 1 is 1.05 bits per heavy atom. The molecule has 2 rings (SSSR count). The number of anilines is 1. The number of carbonyl (C=O) groups is 1. The van der Waals surface area contributed by atoms with Crippen molar-refractivity contribution in [3.8, 4) is 17.2 Å². The van der Waals surface area contributed by atoms with Crippen molar-refractivity contribution in [1.29, 1.82) is 0 Å². The SMILES string of the molecule is O=C(Nc1cc(Cl)cc(Cl)c1O)c1ccc(O)cc1O. The van der Waals surface area contributed by atoms with E-state index in [0.29, 0.717) is 0 Å². The van der Waals surface area contributed by atoms with E-state index in [1.165, 1.54) is 24.3 Å². The van der Waals surface area contributed by atoms with Crippen LogP contribution in [0.5, 0.6) is 17.2 Å². The molecule has 0 spiro atoms. The van der Waals surface area contributed by atoms with Gasteiger partial charge in [0.1, 0.15) is 11.5 Å². The van der Waals surface area contributed by atoms with Crippen LogP contribution in [-0.4, -0.2) is 21.2 Å². The summed E-state index contributed by atoms with van der Waals surface area (Å²) >= 11 is 11.5. The van der Waals surface area contributed by atoms with Crippen molar-refractivity contribution < 1.29 is 20.1 Å². The molecule has 0 radical (unpaired) electrons. The van der Waals surface area contributed by atoms with Crippen molar-refractivity contribution in [1.82, 2.24) is 0 Å². The summed E-state index contributed by atoms with van der Waals surface area (Å²) in [6.45, 7) is 0. The van der Waals surface area contributed by atoms with Gasteiger partial charge >= 0.3 is 0 Å². The molecule has 2 aromatic carbocycles. The van der Waals surface area contributed by atoms with E-state index in [2.05, 4.69) is 5.32 Å². The smallest absolute Gasteiger partial charge is 0.259 e. The molecular formula is C13H9Cl2NO4. The van der Waals surface area contributed by atoms with Crippen LogP contribution in [0.4, 0.5) is 5.69 Å². The standard InChI is InChI=1S/C13H9Cl2NO4/c14-6-3-9(15)12(19)10(4-6)16-13(20)8-2-1-7(17)5-11(8)18/h1-5,17-19H,(H,16,20). The average Bonchev–Trinajstić information content (AvgIpc) is 2.35. The number of hydrogen-bond donors (Lipinski definition) is 4. The lowest BCUT2D eigenvalue weighted by Crippen LogP contribution is -2.12. The largest absolute Gasteiger partial charge is 0.508 e. The van der Waals surface area contributed by atoms with E-state index >= 15 is 0 Å². The molecular weight excluding hydrogens is 305 g/mol. The molecule has 7 heteroatoms. The first-order valence-corrected chi connectivity index (χ1v) is 6.15. The van der Waals surface area contributed by atoms with Crippen LogP contribution in [0.25, 0.3) is 0 Å². The minimum atomic E-state index is -0.684. The molecule has 1 amide bonds. The number of benzene rings is 2. The Labute approximate surface area is 124 Å². The fourth-order valence-electron chi connectivity index (χ4n) is 1.56. The minimum absolute atomic E-state index is 0.0114. The van der Waals surface area contributed by atoms with Gasteiger partial charge in [0.2, 0.25) is 0 Å². The van der Waals surface area contributed by atoms with Gasteiger partial charge in [-0.3, -0.25) is 4.79 Å². The molecule has 0 bridgehead atoms. The van der Waals surface area contributed by atoms with Crippen LogP contribution >= 0.6 is 23.2 Å². The molecule has 5 nitrogen and oxygen atoms in total. The molecule has 20 heavy (non-hydrogen) atoms. The monoisotopic (exact) mass is 313 g/mol. The number of carbonyl (C=O) groups excluding carboxylic acids is 1. The highest BCUT2D eigenvalue weighted by Gasteiger charge is 2.15. The topological polar surface area (TPSA) is 89.8 Å². The van der Waals surface area contributed by atoms with E-state index < -0.39 is 11.7 Å². The first-order valence-electron chi connectivity index (χ1n) is 5.40. The lowest BCUT2D eigenvalue weighted by Gasteiger charge is -2.10. The summed E-state index contributed by atoms with van der Waals surface area (Å²) < 4.78 is 0. The lowest BCUT2D eigenvalue weighted by atomic mass is 10.1. The lowest BCUT2D eigenvalue weighted by molar-refractivity contribution is 0.102. The van der Waals surface area contributed by atoms with Gasteiger partial charge < -0.3 is 20.6 Å². The second kappa shape index (κ2) is 5.48. The van der Waals surface area contributed by atoms with Crippen LogP contribution in [0.1, 0.15) is 10.4 Å². The summed E-state index contributed by atoms with van der Waals surface area (Å²) in [5, 5.41) is 31.1. The molecule has 0 saturated carbocycles. The van der Waals surface area contributed by atoms with Crippen LogP contribution in [0, 0.1) is 0 Å². The molecule has 4 N–H and O–H groups in total. The summed E-state index contributed by atoms with van der Waals surface area (Å²) in [5.74, 6) is -1.58. The summed E-state index contributed by atoms with van der Waals surface area (Å²) in [5.41, 5.74) is -0.0572. The van der Waals surface area contributed by atoms with E-state index in [-0.39, 0.29) is 32.8 Å². The van der Waals surface area contributed by atoms with Gasteiger partial charge in [0.25, 0.3) is 5.91 Å². The van der Waals surface area contributed by atoms with Gasteiger partial charge in [-0.2, -0.15) is 0 Å². The Hall–Kier alpha value is -2.11. The van der Waals surface area contributed by atoms with Crippen LogP contribution in [0.2, 0.25) is 10.0 Å². The fourth-order valence-corrected chi connectivity index (χ4v) is 2.06. The Bertz CT molecular complexity index is 688. The molecule has 2 aromatic rings. The Balaban J connectivity index is 2.32. The molecule has 0 unspecified atom stereocenters. The third-order valence-corrected chi connectivity index (χ3v) is 3.01. The zero-order valence-electron chi connectivity index (χ0n) is 9.89. The third-order valence-electron chi connectivity index (χ3n) is 2.50. The van der Waals surface area contributed by atoms with E-state index in [0.717, 1.165) is 6.07 Å². The van der Waals surface area contributed by atoms with Crippen molar-refractivity contribution in [3.63, 3.8) is 0 Å². The van der Waals surface area contributed by atoms with Crippen molar-refractivity contribution in [3.05, 3.63) is 45.9 Å². The van der Waals surface area contributed by atoms with E-state index in [4.69, 9.17) is 28.3 Å².